The zero-order chi connectivity index (χ0) is 23.0. The highest BCUT2D eigenvalue weighted by Gasteiger charge is 2.29. The maximum absolute atomic E-state index is 4.85. The highest BCUT2D eigenvalue weighted by Crippen LogP contribution is 2.20. The van der Waals surface area contributed by atoms with Crippen molar-refractivity contribution in [3.05, 3.63) is 59.8 Å². The van der Waals surface area contributed by atoms with Gasteiger partial charge >= 0.3 is 0 Å². The number of benzene rings is 1. The number of nitrogens with zero attached hydrogens (tertiary/aromatic N) is 5. The Morgan fingerprint density at radius 1 is 1.06 bits per heavy atom. The Labute approximate surface area is 198 Å². The van der Waals surface area contributed by atoms with E-state index in [1.54, 1.807) is 0 Å². The number of aromatic nitrogens is 1. The zero-order valence-electron chi connectivity index (χ0n) is 20.4. The van der Waals surface area contributed by atoms with Crippen molar-refractivity contribution < 1.29 is 0 Å². The first-order chi connectivity index (χ1) is 16.1. The van der Waals surface area contributed by atoms with Crippen LogP contribution in [0.4, 0.5) is 5.82 Å². The average molecular weight is 450 g/mol. The molecule has 0 bridgehead atoms. The van der Waals surface area contributed by atoms with E-state index in [0.29, 0.717) is 18.6 Å². The molecule has 7 heteroatoms. The van der Waals surface area contributed by atoms with Gasteiger partial charge in [-0.05, 0) is 44.5 Å². The molecule has 2 fully saturated rings. The second-order valence-electron chi connectivity index (χ2n) is 9.35. The molecule has 2 atom stereocenters. The first-order valence-electron chi connectivity index (χ1n) is 12.3. The molecule has 0 aliphatic carbocycles. The summed E-state index contributed by atoms with van der Waals surface area (Å²) in [4.78, 5) is 16.8. The van der Waals surface area contributed by atoms with Crippen LogP contribution in [0.15, 0.2) is 53.7 Å². The third-order valence-corrected chi connectivity index (χ3v) is 6.67. The fourth-order valence-electron chi connectivity index (χ4n) is 4.66. The van der Waals surface area contributed by atoms with Gasteiger partial charge in [0.2, 0.25) is 0 Å². The van der Waals surface area contributed by atoms with Gasteiger partial charge in [-0.1, -0.05) is 36.4 Å². The minimum absolute atomic E-state index is 0.402. The molecule has 1 aromatic carbocycles. The summed E-state index contributed by atoms with van der Waals surface area (Å²) in [7, 11) is 2.18. The van der Waals surface area contributed by atoms with Gasteiger partial charge in [-0.15, -0.1) is 0 Å². The molecule has 2 aliphatic rings. The van der Waals surface area contributed by atoms with E-state index in [1.807, 2.05) is 6.20 Å². The Bertz CT molecular complexity index is 875. The van der Waals surface area contributed by atoms with Gasteiger partial charge in [0.15, 0.2) is 5.96 Å². The molecule has 178 valence electrons. The molecule has 2 aromatic rings. The Balaban J connectivity index is 1.31. The third kappa shape index (κ3) is 6.68. The lowest BCUT2D eigenvalue weighted by Crippen LogP contribution is -2.44. The van der Waals surface area contributed by atoms with Gasteiger partial charge < -0.3 is 20.4 Å². The number of hydrogen-bond acceptors (Lipinski definition) is 5. The minimum Gasteiger partial charge on any atom is -0.357 e. The van der Waals surface area contributed by atoms with Gasteiger partial charge in [0.25, 0.3) is 0 Å². The van der Waals surface area contributed by atoms with Crippen molar-refractivity contribution in [2.75, 3.05) is 51.2 Å². The molecule has 33 heavy (non-hydrogen) atoms. The fourth-order valence-corrected chi connectivity index (χ4v) is 4.66. The largest absolute Gasteiger partial charge is 0.357 e. The lowest BCUT2D eigenvalue weighted by atomic mass is 10.2. The number of rotatable bonds is 7. The Kier molecular flexibility index (Phi) is 8.18. The highest BCUT2D eigenvalue weighted by molar-refractivity contribution is 5.80. The van der Waals surface area contributed by atoms with Crippen molar-refractivity contribution in [1.29, 1.82) is 0 Å². The van der Waals surface area contributed by atoms with Gasteiger partial charge in [0.05, 0.1) is 6.54 Å². The average Bonchev–Trinajstić information content (AvgIpc) is 3.17. The predicted molar refractivity (Wildman–Crippen MR) is 137 cm³/mol. The number of likely N-dealkylation sites (N-methyl/N-ethyl adjacent to an activating group) is 1. The maximum atomic E-state index is 4.85. The summed E-state index contributed by atoms with van der Waals surface area (Å²) in [6, 6.07) is 16.0. The summed E-state index contributed by atoms with van der Waals surface area (Å²) < 4.78 is 0. The first kappa shape index (κ1) is 23.5. The summed E-state index contributed by atoms with van der Waals surface area (Å²) in [6.07, 6.45) is 3.10. The molecule has 0 amide bonds. The summed E-state index contributed by atoms with van der Waals surface area (Å²) in [5.41, 5.74) is 2.51. The van der Waals surface area contributed by atoms with E-state index in [4.69, 9.17) is 9.98 Å². The van der Waals surface area contributed by atoms with Crippen molar-refractivity contribution >= 4 is 11.8 Å². The molecular formula is C26H39N7. The third-order valence-electron chi connectivity index (χ3n) is 6.67. The van der Waals surface area contributed by atoms with Crippen molar-refractivity contribution in [3.63, 3.8) is 0 Å². The van der Waals surface area contributed by atoms with E-state index in [0.717, 1.165) is 69.6 Å². The normalized spacial score (nSPS) is 22.5. The molecule has 1 aromatic heterocycles. The van der Waals surface area contributed by atoms with Crippen molar-refractivity contribution in [2.24, 2.45) is 4.99 Å². The molecule has 0 spiro atoms. The number of nitrogens with one attached hydrogen (secondary N) is 2. The molecule has 0 saturated carbocycles. The number of piperazine rings is 1. The highest BCUT2D eigenvalue weighted by atomic mass is 15.3. The molecule has 0 radical (unpaired) electrons. The monoisotopic (exact) mass is 449 g/mol. The van der Waals surface area contributed by atoms with Gasteiger partial charge in [-0.2, -0.15) is 0 Å². The van der Waals surface area contributed by atoms with Crippen LogP contribution >= 0.6 is 0 Å². The Morgan fingerprint density at radius 2 is 1.85 bits per heavy atom. The van der Waals surface area contributed by atoms with Crippen LogP contribution in [0.5, 0.6) is 0 Å². The number of aliphatic imine (C=N–C) groups is 1. The number of anilines is 1. The van der Waals surface area contributed by atoms with E-state index in [2.05, 4.69) is 88.7 Å². The molecule has 7 nitrogen and oxygen atoms in total. The fraction of sp³-hybridized carbons (Fsp3) is 0.538. The van der Waals surface area contributed by atoms with Gasteiger partial charge in [0, 0.05) is 64.1 Å². The second kappa shape index (κ2) is 11.5. The summed E-state index contributed by atoms with van der Waals surface area (Å²) in [6.45, 7) is 12.2. The van der Waals surface area contributed by atoms with Crippen LogP contribution in [0.2, 0.25) is 0 Å². The van der Waals surface area contributed by atoms with Crippen LogP contribution in [0, 0.1) is 0 Å². The molecule has 4 rings (SSSR count). The molecular weight excluding hydrogens is 410 g/mol. The van der Waals surface area contributed by atoms with Gasteiger partial charge in [0.1, 0.15) is 5.82 Å². The number of pyridine rings is 1. The zero-order valence-corrected chi connectivity index (χ0v) is 20.4. The first-order valence-corrected chi connectivity index (χ1v) is 12.3. The molecule has 2 aliphatic heterocycles. The van der Waals surface area contributed by atoms with E-state index in [1.165, 1.54) is 5.56 Å². The topological polar surface area (TPSA) is 59.0 Å². The van der Waals surface area contributed by atoms with E-state index in [-0.39, 0.29) is 0 Å². The molecule has 2 N–H and O–H groups in total. The number of guanidine groups is 1. The van der Waals surface area contributed by atoms with E-state index >= 15 is 0 Å². The van der Waals surface area contributed by atoms with E-state index in [9.17, 15) is 0 Å². The summed E-state index contributed by atoms with van der Waals surface area (Å²) >= 11 is 0. The van der Waals surface area contributed by atoms with Gasteiger partial charge in [-0.25, -0.2) is 9.98 Å². The van der Waals surface area contributed by atoms with Crippen LogP contribution in [-0.2, 0) is 13.1 Å². The number of likely N-dealkylation sites (tertiary alicyclic amines) is 1. The summed E-state index contributed by atoms with van der Waals surface area (Å²) in [5, 5.41) is 7.08. The molecule has 3 heterocycles. The van der Waals surface area contributed by atoms with Crippen molar-refractivity contribution in [2.45, 2.75) is 45.4 Å². The molecule has 2 unspecified atom stereocenters. The quantitative estimate of drug-likeness (QED) is 0.501. The SMILES string of the molecule is CCNC(=NCc1ccc(N2CCN(C)CC2)nc1)NC1CC(C)N(Cc2ccccc2)C1. The van der Waals surface area contributed by atoms with Crippen LogP contribution in [0.3, 0.4) is 0 Å². The Morgan fingerprint density at radius 3 is 2.55 bits per heavy atom. The van der Waals surface area contributed by atoms with Crippen molar-refractivity contribution in [1.82, 2.24) is 25.4 Å². The summed E-state index contributed by atoms with van der Waals surface area (Å²) in [5.74, 6) is 1.96. The molecule has 2 saturated heterocycles. The smallest absolute Gasteiger partial charge is 0.191 e. The maximum Gasteiger partial charge on any atom is 0.191 e. The minimum atomic E-state index is 0.402. The predicted octanol–water partition coefficient (Wildman–Crippen LogP) is 2.55. The van der Waals surface area contributed by atoms with Crippen LogP contribution in [-0.4, -0.2) is 79.1 Å². The second-order valence-corrected chi connectivity index (χ2v) is 9.35. The lowest BCUT2D eigenvalue weighted by molar-refractivity contribution is 0.258. The number of hydrogen-bond donors (Lipinski definition) is 2. The van der Waals surface area contributed by atoms with Crippen LogP contribution in [0.1, 0.15) is 31.4 Å². The Hall–Kier alpha value is -2.64. The van der Waals surface area contributed by atoms with E-state index < -0.39 is 0 Å². The van der Waals surface area contributed by atoms with Crippen LogP contribution in [0.25, 0.3) is 0 Å². The standard InChI is InChI=1S/C26H39N7/c1-4-27-26(30-24-16-21(2)33(20-24)19-22-8-6-5-7-9-22)29-18-23-10-11-25(28-17-23)32-14-12-31(3)13-15-32/h5-11,17,21,24H,4,12-16,18-20H2,1-3H3,(H2,27,29,30). The van der Waals surface area contributed by atoms with Gasteiger partial charge in [-0.3, -0.25) is 4.90 Å². The lowest BCUT2D eigenvalue weighted by Gasteiger charge is -2.33. The van der Waals surface area contributed by atoms with Crippen LogP contribution < -0.4 is 15.5 Å². The van der Waals surface area contributed by atoms with Crippen molar-refractivity contribution in [3.8, 4) is 0 Å².